The Balaban J connectivity index is 1.38. The zero-order valence-corrected chi connectivity index (χ0v) is 29.0. The molecule has 2 aliphatic heterocycles. The van der Waals surface area contributed by atoms with E-state index in [1.807, 2.05) is 0 Å². The van der Waals surface area contributed by atoms with Crippen molar-refractivity contribution < 1.29 is 0 Å². The highest BCUT2D eigenvalue weighted by Gasteiger charge is 2.41. The molecular weight excluding hydrogens is 567 g/mol. The first-order valence-corrected chi connectivity index (χ1v) is 17.0. The molecule has 1 nitrogen and oxygen atoms in total. The summed E-state index contributed by atoms with van der Waals surface area (Å²) in [5.74, 6) is 0. The van der Waals surface area contributed by atoms with Gasteiger partial charge in [-0.05, 0) is 134 Å². The van der Waals surface area contributed by atoms with Crippen molar-refractivity contribution >= 4 is 17.1 Å². The molecule has 0 spiro atoms. The van der Waals surface area contributed by atoms with Crippen LogP contribution in [0.1, 0.15) is 69.5 Å². The van der Waals surface area contributed by atoms with Gasteiger partial charge < -0.3 is 4.90 Å². The first kappa shape index (κ1) is 29.5. The molecule has 2 aliphatic rings. The van der Waals surface area contributed by atoms with Crippen molar-refractivity contribution in [1.82, 2.24) is 0 Å². The Hall–Kier alpha value is -4.88. The average Bonchev–Trinajstić information content (AvgIpc) is 3.00. The van der Waals surface area contributed by atoms with Crippen LogP contribution < -0.4 is 4.90 Å². The molecule has 6 aromatic rings. The summed E-state index contributed by atoms with van der Waals surface area (Å²) in [6.45, 7) is 18.0. The molecule has 8 rings (SSSR count). The number of nitrogens with zero attached hydrogens (tertiary/aromatic N) is 1. The van der Waals surface area contributed by atoms with Crippen molar-refractivity contribution in [3.05, 3.63) is 159 Å². The molecule has 232 valence electrons. The molecule has 0 amide bonds. The van der Waals surface area contributed by atoms with E-state index >= 15 is 0 Å². The monoisotopic (exact) mass is 609 g/mol. The Labute approximate surface area is 280 Å². The molecular formula is C46H43N. The third-order valence-corrected chi connectivity index (χ3v) is 10.4. The highest BCUT2D eigenvalue weighted by atomic mass is 15.2. The van der Waals surface area contributed by atoms with Crippen LogP contribution in [0.25, 0.3) is 33.4 Å². The molecule has 0 unspecified atom stereocenters. The van der Waals surface area contributed by atoms with Crippen molar-refractivity contribution in [3.63, 3.8) is 0 Å². The molecule has 0 radical (unpaired) electrons. The molecule has 0 aliphatic carbocycles. The Morgan fingerprint density at radius 3 is 1.34 bits per heavy atom. The van der Waals surface area contributed by atoms with Gasteiger partial charge in [-0.25, -0.2) is 0 Å². The van der Waals surface area contributed by atoms with Gasteiger partial charge in [-0.15, -0.1) is 0 Å². The lowest BCUT2D eigenvalue weighted by molar-refractivity contribution is 0.630. The van der Waals surface area contributed by atoms with Gasteiger partial charge in [0.2, 0.25) is 0 Å². The van der Waals surface area contributed by atoms with Crippen LogP contribution in [0.3, 0.4) is 0 Å². The molecule has 0 fully saturated rings. The molecule has 0 saturated carbocycles. The van der Waals surface area contributed by atoms with Crippen LogP contribution in [0.5, 0.6) is 0 Å². The van der Waals surface area contributed by atoms with Crippen LogP contribution in [-0.4, -0.2) is 0 Å². The lowest BCUT2D eigenvalue weighted by Crippen LogP contribution is -2.33. The highest BCUT2D eigenvalue weighted by molar-refractivity contribution is 5.94. The van der Waals surface area contributed by atoms with Crippen molar-refractivity contribution in [2.24, 2.45) is 0 Å². The Bertz CT molecular complexity index is 2200. The maximum Gasteiger partial charge on any atom is 0.0538 e. The number of fused-ring (bicyclic) bond motifs is 4. The van der Waals surface area contributed by atoms with Gasteiger partial charge in [-0.3, -0.25) is 0 Å². The second kappa shape index (κ2) is 10.6. The number of aryl methyl sites for hydroxylation is 6. The molecule has 0 aromatic heterocycles. The number of benzene rings is 6. The van der Waals surface area contributed by atoms with E-state index in [1.54, 1.807) is 0 Å². The first-order valence-electron chi connectivity index (χ1n) is 17.0. The summed E-state index contributed by atoms with van der Waals surface area (Å²) in [4.78, 5) is 2.58. The fourth-order valence-corrected chi connectivity index (χ4v) is 8.42. The van der Waals surface area contributed by atoms with E-state index in [9.17, 15) is 0 Å². The van der Waals surface area contributed by atoms with E-state index in [0.29, 0.717) is 0 Å². The molecule has 0 bridgehead atoms. The summed E-state index contributed by atoms with van der Waals surface area (Å²) in [6, 6.07) is 40.0. The predicted molar refractivity (Wildman–Crippen MR) is 201 cm³/mol. The Morgan fingerprint density at radius 2 is 0.809 bits per heavy atom. The van der Waals surface area contributed by atoms with Gasteiger partial charge in [-0.2, -0.15) is 0 Å². The average molecular weight is 610 g/mol. The minimum atomic E-state index is -0.184. The molecule has 1 heteroatoms. The van der Waals surface area contributed by atoms with Crippen molar-refractivity contribution in [2.75, 3.05) is 4.90 Å². The van der Waals surface area contributed by atoms with Gasteiger partial charge in [0.1, 0.15) is 0 Å². The minimum absolute atomic E-state index is 0.184. The zero-order chi connectivity index (χ0) is 32.8. The van der Waals surface area contributed by atoms with Crippen LogP contribution in [0, 0.1) is 41.5 Å². The van der Waals surface area contributed by atoms with Gasteiger partial charge in [0.25, 0.3) is 0 Å². The standard InChI is InChI=1S/C46H43N/c1-27-13-28(2)17-35(16-27)33-9-11-43-39(22-33)24-40-23-38(37-20-31(5)15-32(6)21-37)26-42-45(40)47(43)44-12-10-34(25-41(44)46(42,7)8)36-18-29(3)14-30(4)19-36/h9-23,25-26H,24H2,1-8H3. The van der Waals surface area contributed by atoms with Gasteiger partial charge >= 0.3 is 0 Å². The zero-order valence-electron chi connectivity index (χ0n) is 29.0. The molecule has 47 heavy (non-hydrogen) atoms. The number of anilines is 3. The Kier molecular flexibility index (Phi) is 6.64. The lowest BCUT2D eigenvalue weighted by Gasteiger charge is -2.46. The third-order valence-electron chi connectivity index (χ3n) is 10.4. The topological polar surface area (TPSA) is 3.24 Å². The SMILES string of the molecule is Cc1cc(C)cc(-c2ccc3c(c2)Cc2cc(-c4cc(C)cc(C)c4)cc4c2N3c2ccc(-c3cc(C)cc(C)c3)cc2C4(C)C)c1. The second-order valence-corrected chi connectivity index (χ2v) is 14.9. The number of rotatable bonds is 3. The third kappa shape index (κ3) is 4.92. The van der Waals surface area contributed by atoms with Crippen molar-refractivity contribution in [1.29, 1.82) is 0 Å². The van der Waals surface area contributed by atoms with E-state index in [0.717, 1.165) is 6.42 Å². The minimum Gasteiger partial charge on any atom is -0.309 e. The summed E-state index contributed by atoms with van der Waals surface area (Å²) in [5.41, 5.74) is 24.9. The maximum atomic E-state index is 2.58. The van der Waals surface area contributed by atoms with Gasteiger partial charge in [0, 0.05) is 17.5 Å². The normalized spacial score (nSPS) is 14.0. The van der Waals surface area contributed by atoms with Gasteiger partial charge in [0.15, 0.2) is 0 Å². The van der Waals surface area contributed by atoms with Crippen LogP contribution in [-0.2, 0) is 11.8 Å². The van der Waals surface area contributed by atoms with E-state index in [1.165, 1.54) is 106 Å². The van der Waals surface area contributed by atoms with Crippen LogP contribution in [0.4, 0.5) is 17.1 Å². The van der Waals surface area contributed by atoms with Gasteiger partial charge in [-0.1, -0.05) is 114 Å². The summed E-state index contributed by atoms with van der Waals surface area (Å²) in [6.07, 6.45) is 0.914. The molecule has 6 aromatic carbocycles. The van der Waals surface area contributed by atoms with Gasteiger partial charge in [0.05, 0.1) is 11.4 Å². The Morgan fingerprint density at radius 1 is 0.404 bits per heavy atom. The second-order valence-electron chi connectivity index (χ2n) is 14.9. The summed E-state index contributed by atoms with van der Waals surface area (Å²) < 4.78 is 0. The molecule has 0 atom stereocenters. The predicted octanol–water partition coefficient (Wildman–Crippen LogP) is 12.6. The fourth-order valence-electron chi connectivity index (χ4n) is 8.42. The van der Waals surface area contributed by atoms with Crippen LogP contribution in [0.15, 0.2) is 103 Å². The maximum absolute atomic E-state index is 2.58. The van der Waals surface area contributed by atoms with Crippen LogP contribution >= 0.6 is 0 Å². The molecule has 0 N–H and O–H groups in total. The van der Waals surface area contributed by atoms with E-state index in [-0.39, 0.29) is 5.41 Å². The summed E-state index contributed by atoms with van der Waals surface area (Å²) >= 11 is 0. The fraction of sp³-hybridized carbons (Fsp3) is 0.217. The van der Waals surface area contributed by atoms with E-state index in [4.69, 9.17) is 0 Å². The highest BCUT2D eigenvalue weighted by Crippen LogP contribution is 2.57. The smallest absolute Gasteiger partial charge is 0.0538 e. The van der Waals surface area contributed by atoms with Crippen LogP contribution in [0.2, 0.25) is 0 Å². The number of hydrogen-bond acceptors (Lipinski definition) is 1. The lowest BCUT2D eigenvalue weighted by atomic mass is 9.70. The largest absolute Gasteiger partial charge is 0.309 e. The number of hydrogen-bond donors (Lipinski definition) is 0. The first-order chi connectivity index (χ1) is 22.4. The van der Waals surface area contributed by atoms with E-state index in [2.05, 4.69) is 163 Å². The summed E-state index contributed by atoms with van der Waals surface area (Å²) in [7, 11) is 0. The summed E-state index contributed by atoms with van der Waals surface area (Å²) in [5, 5.41) is 0. The van der Waals surface area contributed by atoms with Crippen molar-refractivity contribution in [2.45, 2.75) is 67.2 Å². The molecule has 0 saturated heterocycles. The quantitative estimate of drug-likeness (QED) is 0.193. The van der Waals surface area contributed by atoms with E-state index < -0.39 is 0 Å². The van der Waals surface area contributed by atoms with Crippen molar-refractivity contribution in [3.8, 4) is 33.4 Å². The molecule has 2 heterocycles.